The Morgan fingerprint density at radius 2 is 1.97 bits per heavy atom. The van der Waals surface area contributed by atoms with E-state index in [2.05, 4.69) is 10.0 Å². The zero-order valence-corrected chi connectivity index (χ0v) is 16.9. The highest BCUT2D eigenvalue weighted by Crippen LogP contribution is 2.29. The maximum absolute atomic E-state index is 12.1. The molecule has 2 heterocycles. The Morgan fingerprint density at radius 3 is 2.66 bits per heavy atom. The van der Waals surface area contributed by atoms with Gasteiger partial charge in [-0.2, -0.15) is 4.72 Å². The Balaban J connectivity index is 1.50. The van der Waals surface area contributed by atoms with Gasteiger partial charge in [0.1, 0.15) is 10.8 Å². The number of benzene rings is 1. The average Bonchev–Trinajstić information content (AvgIpc) is 3.38. The van der Waals surface area contributed by atoms with E-state index in [1.165, 1.54) is 6.07 Å². The number of sulfonamides is 1. The molecule has 0 spiro atoms. The molecule has 2 N–H and O–H groups in total. The van der Waals surface area contributed by atoms with Crippen LogP contribution in [-0.2, 0) is 29.1 Å². The number of carbonyl (C=O) groups excluding carboxylic acids is 3. The molecule has 0 unspecified atom stereocenters. The second-order valence-electron chi connectivity index (χ2n) is 6.13. The first-order valence-corrected chi connectivity index (χ1v) is 11.1. The first-order valence-electron chi connectivity index (χ1n) is 8.75. The minimum Gasteiger partial charge on any atom is -0.455 e. The van der Waals surface area contributed by atoms with Crippen molar-refractivity contribution in [3.8, 4) is 0 Å². The van der Waals surface area contributed by atoms with Gasteiger partial charge in [0.25, 0.3) is 15.9 Å². The highest BCUT2D eigenvalue weighted by atomic mass is 32.2. The van der Waals surface area contributed by atoms with Crippen molar-refractivity contribution >= 4 is 50.5 Å². The summed E-state index contributed by atoms with van der Waals surface area (Å²) in [6, 6.07) is 9.84. The molecular weight excluding hydrogens is 418 g/mol. The lowest BCUT2D eigenvalue weighted by Gasteiger charge is -2.19. The molecule has 29 heavy (non-hydrogen) atoms. The van der Waals surface area contributed by atoms with Crippen LogP contribution in [0.15, 0.2) is 46.0 Å². The third-order valence-electron chi connectivity index (χ3n) is 4.07. The number of rotatable bonds is 8. The predicted octanol–water partition coefficient (Wildman–Crippen LogP) is 1.34. The fourth-order valence-corrected chi connectivity index (χ4v) is 4.75. The number of amides is 2. The second-order valence-corrected chi connectivity index (χ2v) is 9.07. The molecule has 0 saturated carbocycles. The zero-order chi connectivity index (χ0) is 20.9. The predicted molar refractivity (Wildman–Crippen MR) is 107 cm³/mol. The van der Waals surface area contributed by atoms with Crippen LogP contribution in [0.4, 0.5) is 11.4 Å². The number of para-hydroxylation sites is 2. The van der Waals surface area contributed by atoms with E-state index in [0.29, 0.717) is 24.3 Å². The number of nitrogens with zero attached hydrogens (tertiary/aromatic N) is 1. The van der Waals surface area contributed by atoms with E-state index >= 15 is 0 Å². The quantitative estimate of drug-likeness (QED) is 0.601. The number of thiophene rings is 1. The van der Waals surface area contributed by atoms with Gasteiger partial charge >= 0.3 is 5.97 Å². The third-order valence-corrected chi connectivity index (χ3v) is 6.87. The minimum atomic E-state index is -3.79. The lowest BCUT2D eigenvalue weighted by atomic mass is 10.2. The summed E-state index contributed by atoms with van der Waals surface area (Å²) in [6.45, 7) is -0.598. The number of esters is 1. The monoisotopic (exact) mass is 437 g/mol. The molecule has 2 aromatic rings. The van der Waals surface area contributed by atoms with Gasteiger partial charge in [-0.1, -0.05) is 18.2 Å². The topological polar surface area (TPSA) is 122 Å². The Labute approximate surface area is 171 Å². The molecule has 1 aromatic carbocycles. The Morgan fingerprint density at radius 1 is 1.17 bits per heavy atom. The van der Waals surface area contributed by atoms with Crippen LogP contribution in [0.25, 0.3) is 0 Å². The van der Waals surface area contributed by atoms with Crippen molar-refractivity contribution in [3.63, 3.8) is 0 Å². The van der Waals surface area contributed by atoms with Crippen molar-refractivity contribution in [2.75, 3.05) is 29.9 Å². The van der Waals surface area contributed by atoms with E-state index in [0.717, 1.165) is 17.8 Å². The molecule has 3 rings (SSSR count). The molecule has 1 aliphatic rings. The first kappa shape index (κ1) is 21.0. The molecule has 1 aliphatic heterocycles. The Kier molecular flexibility index (Phi) is 6.62. The summed E-state index contributed by atoms with van der Waals surface area (Å²) in [5, 5.41) is 4.21. The number of anilines is 2. The number of nitrogens with one attached hydrogen (secondary N) is 2. The van der Waals surface area contributed by atoms with Gasteiger partial charge in [0, 0.05) is 13.0 Å². The molecule has 1 fully saturated rings. The third kappa shape index (κ3) is 5.40. The van der Waals surface area contributed by atoms with Crippen molar-refractivity contribution < 1.29 is 27.5 Å². The van der Waals surface area contributed by atoms with E-state index in [1.807, 2.05) is 0 Å². The van der Waals surface area contributed by atoms with Crippen LogP contribution in [0.1, 0.15) is 12.8 Å². The van der Waals surface area contributed by atoms with Crippen LogP contribution in [0.3, 0.4) is 0 Å². The summed E-state index contributed by atoms with van der Waals surface area (Å²) in [5.74, 6) is -1.50. The molecule has 154 valence electrons. The van der Waals surface area contributed by atoms with Crippen molar-refractivity contribution in [3.05, 3.63) is 41.8 Å². The number of hydrogen-bond donors (Lipinski definition) is 2. The molecular formula is C18H19N3O6S2. The van der Waals surface area contributed by atoms with Crippen LogP contribution < -0.4 is 14.9 Å². The summed E-state index contributed by atoms with van der Waals surface area (Å²) < 4.78 is 30.9. The molecule has 0 radical (unpaired) electrons. The number of carbonyl (C=O) groups is 3. The van der Waals surface area contributed by atoms with Crippen LogP contribution in [0, 0.1) is 0 Å². The fraction of sp³-hybridized carbons (Fsp3) is 0.278. The number of ether oxygens (including phenoxy) is 1. The largest absolute Gasteiger partial charge is 0.455 e. The molecule has 1 saturated heterocycles. The van der Waals surface area contributed by atoms with Gasteiger partial charge in [-0.25, -0.2) is 8.42 Å². The standard InChI is InChI=1S/C18H19N3O6S2/c22-15(12-27-17(24)11-19-29(25,26)18-8-4-10-28-18)20-13-5-1-2-6-14(13)21-9-3-7-16(21)23/h1-2,4-6,8,10,19H,3,7,9,11-12H2,(H,20,22). The zero-order valence-electron chi connectivity index (χ0n) is 15.3. The van der Waals surface area contributed by atoms with E-state index in [9.17, 15) is 22.8 Å². The van der Waals surface area contributed by atoms with Gasteiger partial charge in [0.05, 0.1) is 11.4 Å². The van der Waals surface area contributed by atoms with E-state index in [4.69, 9.17) is 4.74 Å². The molecule has 2 amide bonds. The van der Waals surface area contributed by atoms with E-state index in [1.54, 1.807) is 40.6 Å². The van der Waals surface area contributed by atoms with Gasteiger partial charge < -0.3 is 15.0 Å². The Hall–Kier alpha value is -2.76. The van der Waals surface area contributed by atoms with Gasteiger partial charge in [0.15, 0.2) is 6.61 Å². The fourth-order valence-electron chi connectivity index (χ4n) is 2.74. The lowest BCUT2D eigenvalue weighted by molar-refractivity contribution is -0.146. The summed E-state index contributed by atoms with van der Waals surface area (Å²) >= 11 is 1.02. The summed E-state index contributed by atoms with van der Waals surface area (Å²) in [6.07, 6.45) is 1.21. The van der Waals surface area contributed by atoms with Crippen molar-refractivity contribution in [1.82, 2.24) is 4.72 Å². The average molecular weight is 437 g/mol. The summed E-state index contributed by atoms with van der Waals surface area (Å²) in [7, 11) is -3.79. The van der Waals surface area contributed by atoms with Crippen molar-refractivity contribution in [2.24, 2.45) is 0 Å². The van der Waals surface area contributed by atoms with Crippen LogP contribution in [-0.4, -0.2) is 45.9 Å². The molecule has 0 aliphatic carbocycles. The van der Waals surface area contributed by atoms with Gasteiger partial charge in [0.2, 0.25) is 5.91 Å². The molecule has 1 aromatic heterocycles. The van der Waals surface area contributed by atoms with Gasteiger partial charge in [-0.15, -0.1) is 11.3 Å². The van der Waals surface area contributed by atoms with Crippen molar-refractivity contribution in [2.45, 2.75) is 17.1 Å². The molecule has 0 bridgehead atoms. The smallest absolute Gasteiger partial charge is 0.321 e. The maximum atomic E-state index is 12.1. The van der Waals surface area contributed by atoms with Crippen molar-refractivity contribution in [1.29, 1.82) is 0 Å². The number of hydrogen-bond acceptors (Lipinski definition) is 7. The summed E-state index contributed by atoms with van der Waals surface area (Å²) in [4.78, 5) is 37.4. The van der Waals surface area contributed by atoms with Gasteiger partial charge in [-0.05, 0) is 30.0 Å². The Bertz CT molecular complexity index is 1000. The summed E-state index contributed by atoms with van der Waals surface area (Å²) in [5.41, 5.74) is 1.01. The van der Waals surface area contributed by atoms with E-state index in [-0.39, 0.29) is 10.1 Å². The van der Waals surface area contributed by atoms with Crippen LogP contribution in [0.2, 0.25) is 0 Å². The SMILES string of the molecule is O=C(COC(=O)CNS(=O)(=O)c1cccs1)Nc1ccccc1N1CCCC1=O. The molecule has 9 nitrogen and oxygen atoms in total. The lowest BCUT2D eigenvalue weighted by Crippen LogP contribution is -2.32. The van der Waals surface area contributed by atoms with Gasteiger partial charge in [-0.3, -0.25) is 14.4 Å². The maximum Gasteiger partial charge on any atom is 0.321 e. The molecule has 0 atom stereocenters. The normalized spacial score (nSPS) is 14.1. The highest BCUT2D eigenvalue weighted by Gasteiger charge is 2.24. The molecule has 11 heteroatoms. The van der Waals surface area contributed by atoms with E-state index < -0.39 is 35.1 Å². The highest BCUT2D eigenvalue weighted by molar-refractivity contribution is 7.91. The van der Waals surface area contributed by atoms with Crippen LogP contribution in [0.5, 0.6) is 0 Å². The van der Waals surface area contributed by atoms with Crippen LogP contribution >= 0.6 is 11.3 Å². The second kappa shape index (κ2) is 9.16. The minimum absolute atomic E-state index is 0.0175. The first-order chi connectivity index (χ1) is 13.9.